The van der Waals surface area contributed by atoms with Gasteiger partial charge >= 0.3 is 0 Å². The number of benzene rings is 1. The molecular weight excluding hydrogens is 451 g/mol. The lowest BCUT2D eigenvalue weighted by molar-refractivity contribution is 0.189. The van der Waals surface area contributed by atoms with Gasteiger partial charge in [0, 0.05) is 20.1 Å². The molecule has 0 aromatic heterocycles. The maximum atomic E-state index is 5.40. The van der Waals surface area contributed by atoms with Crippen molar-refractivity contribution in [1.82, 2.24) is 15.5 Å². The molecule has 2 rings (SSSR count). The monoisotopic (exact) mass is 488 g/mol. The minimum atomic E-state index is 0. The van der Waals surface area contributed by atoms with Gasteiger partial charge < -0.3 is 20.3 Å². The number of hydrogen-bond donors (Lipinski definition) is 2. The van der Waals surface area contributed by atoms with Crippen LogP contribution in [-0.4, -0.2) is 57.7 Å². The summed E-state index contributed by atoms with van der Waals surface area (Å²) in [4.78, 5) is 6.92. The van der Waals surface area contributed by atoms with E-state index >= 15 is 0 Å². The first-order valence-electron chi connectivity index (χ1n) is 10.0. The van der Waals surface area contributed by atoms with E-state index in [4.69, 9.17) is 4.74 Å². The Morgan fingerprint density at radius 2 is 1.85 bits per heavy atom. The van der Waals surface area contributed by atoms with E-state index in [9.17, 15) is 0 Å². The number of nitrogens with one attached hydrogen (secondary N) is 2. The zero-order valence-corrected chi connectivity index (χ0v) is 19.5. The maximum Gasteiger partial charge on any atom is 0.190 e. The normalized spacial score (nSPS) is 15.9. The third-order valence-corrected chi connectivity index (χ3v) is 5.17. The van der Waals surface area contributed by atoms with E-state index < -0.39 is 0 Å². The van der Waals surface area contributed by atoms with Crippen LogP contribution in [0.4, 0.5) is 0 Å². The van der Waals surface area contributed by atoms with E-state index in [-0.39, 0.29) is 24.0 Å². The van der Waals surface area contributed by atoms with Crippen LogP contribution in [0.5, 0.6) is 5.75 Å². The number of aliphatic imine (C=N–C) groups is 1. The molecule has 5 nitrogen and oxygen atoms in total. The second-order valence-corrected chi connectivity index (χ2v) is 7.22. The summed E-state index contributed by atoms with van der Waals surface area (Å²) in [5.41, 5.74) is 1.22. The third-order valence-electron chi connectivity index (χ3n) is 5.17. The van der Waals surface area contributed by atoms with Gasteiger partial charge in [0.05, 0.1) is 7.11 Å². The summed E-state index contributed by atoms with van der Waals surface area (Å²) in [6.07, 6.45) is 6.07. The molecule has 1 saturated heterocycles. The van der Waals surface area contributed by atoms with E-state index in [1.807, 2.05) is 25.2 Å². The van der Waals surface area contributed by atoms with Crippen LogP contribution in [-0.2, 0) is 6.42 Å². The Bertz CT molecular complexity index is 545. The molecule has 1 aromatic carbocycles. The first-order chi connectivity index (χ1) is 12.7. The van der Waals surface area contributed by atoms with Crippen molar-refractivity contribution in [2.75, 3.05) is 46.9 Å². The van der Waals surface area contributed by atoms with Gasteiger partial charge in [0.15, 0.2) is 5.96 Å². The molecule has 0 atom stereocenters. The van der Waals surface area contributed by atoms with Gasteiger partial charge in [0.1, 0.15) is 5.75 Å². The number of hydrogen-bond acceptors (Lipinski definition) is 3. The number of piperidine rings is 1. The van der Waals surface area contributed by atoms with Crippen LogP contribution < -0.4 is 15.4 Å². The predicted molar refractivity (Wildman–Crippen MR) is 126 cm³/mol. The summed E-state index contributed by atoms with van der Waals surface area (Å²) >= 11 is 0. The third kappa shape index (κ3) is 9.14. The van der Waals surface area contributed by atoms with Crippen molar-refractivity contribution in [3.63, 3.8) is 0 Å². The van der Waals surface area contributed by atoms with Crippen molar-refractivity contribution in [1.29, 1.82) is 0 Å². The van der Waals surface area contributed by atoms with Crippen LogP contribution in [0.1, 0.15) is 38.2 Å². The number of rotatable bonds is 9. The van der Waals surface area contributed by atoms with Crippen LogP contribution in [0, 0.1) is 5.92 Å². The van der Waals surface area contributed by atoms with Crippen LogP contribution in [0.15, 0.2) is 29.3 Å². The van der Waals surface area contributed by atoms with E-state index in [1.165, 1.54) is 50.9 Å². The van der Waals surface area contributed by atoms with Gasteiger partial charge in [-0.05, 0) is 69.3 Å². The lowest BCUT2D eigenvalue weighted by atomic mass is 9.99. The van der Waals surface area contributed by atoms with Gasteiger partial charge in [0.25, 0.3) is 0 Å². The molecule has 27 heavy (non-hydrogen) atoms. The molecule has 1 heterocycles. The van der Waals surface area contributed by atoms with Gasteiger partial charge in [-0.2, -0.15) is 0 Å². The number of guanidine groups is 1. The largest absolute Gasteiger partial charge is 0.496 e. The molecule has 0 bridgehead atoms. The van der Waals surface area contributed by atoms with E-state index in [2.05, 4.69) is 33.5 Å². The zero-order chi connectivity index (χ0) is 18.6. The highest BCUT2D eigenvalue weighted by Crippen LogP contribution is 2.17. The van der Waals surface area contributed by atoms with Crippen LogP contribution >= 0.6 is 24.0 Å². The molecule has 0 amide bonds. The van der Waals surface area contributed by atoms with Gasteiger partial charge in [-0.15, -0.1) is 24.0 Å². The second-order valence-electron chi connectivity index (χ2n) is 7.22. The van der Waals surface area contributed by atoms with Crippen molar-refractivity contribution < 1.29 is 4.74 Å². The highest BCUT2D eigenvalue weighted by Gasteiger charge is 2.14. The highest BCUT2D eigenvalue weighted by atomic mass is 127. The Kier molecular flexibility index (Phi) is 12.5. The van der Waals surface area contributed by atoms with E-state index in [0.717, 1.165) is 37.1 Å². The fraction of sp³-hybridized carbons (Fsp3) is 0.667. The Morgan fingerprint density at radius 1 is 1.15 bits per heavy atom. The van der Waals surface area contributed by atoms with Gasteiger partial charge in [-0.25, -0.2) is 0 Å². The standard InChI is InChI=1S/C21H36N4O.HI/c1-18-11-16-25(17-12-18)15-7-6-13-23-21(22-2)24-14-10-19-8-4-5-9-20(19)26-3;/h4-5,8-9,18H,6-7,10-17H2,1-3H3,(H2,22,23,24);1H. The molecule has 0 aliphatic carbocycles. The average Bonchev–Trinajstić information content (AvgIpc) is 2.68. The highest BCUT2D eigenvalue weighted by molar-refractivity contribution is 14.0. The Labute approximate surface area is 182 Å². The Hall–Kier alpha value is -1.02. The average molecular weight is 488 g/mol. The van der Waals surface area contributed by atoms with E-state index in [0.29, 0.717) is 0 Å². The number of para-hydroxylation sites is 1. The van der Waals surface area contributed by atoms with Crippen LogP contribution in [0.25, 0.3) is 0 Å². The minimum Gasteiger partial charge on any atom is -0.496 e. The number of nitrogens with zero attached hydrogens (tertiary/aromatic N) is 2. The molecule has 0 saturated carbocycles. The molecule has 0 radical (unpaired) electrons. The SMILES string of the molecule is CN=C(NCCCCN1CCC(C)CC1)NCCc1ccccc1OC.I. The molecular formula is C21H37IN4O. The predicted octanol–water partition coefficient (Wildman–Crippen LogP) is 3.53. The quantitative estimate of drug-likeness (QED) is 0.242. The first-order valence-corrected chi connectivity index (χ1v) is 10.0. The summed E-state index contributed by atoms with van der Waals surface area (Å²) in [6.45, 7) is 7.97. The Morgan fingerprint density at radius 3 is 2.56 bits per heavy atom. The summed E-state index contributed by atoms with van der Waals surface area (Å²) in [5, 5.41) is 6.81. The topological polar surface area (TPSA) is 48.9 Å². The number of likely N-dealkylation sites (tertiary alicyclic amines) is 1. The smallest absolute Gasteiger partial charge is 0.190 e. The fourth-order valence-corrected chi connectivity index (χ4v) is 3.40. The van der Waals surface area contributed by atoms with Crippen molar-refractivity contribution >= 4 is 29.9 Å². The summed E-state index contributed by atoms with van der Waals surface area (Å²) in [6, 6.07) is 8.16. The van der Waals surface area contributed by atoms with Crippen molar-refractivity contribution in [2.45, 2.75) is 39.0 Å². The summed E-state index contributed by atoms with van der Waals surface area (Å²) in [7, 11) is 3.55. The molecule has 1 fully saturated rings. The van der Waals surface area contributed by atoms with E-state index in [1.54, 1.807) is 7.11 Å². The van der Waals surface area contributed by atoms with Gasteiger partial charge in [0.2, 0.25) is 0 Å². The number of unbranched alkanes of at least 4 members (excludes halogenated alkanes) is 1. The molecule has 1 aliphatic heterocycles. The van der Waals surface area contributed by atoms with Crippen molar-refractivity contribution in [2.24, 2.45) is 10.9 Å². The van der Waals surface area contributed by atoms with Gasteiger partial charge in [-0.1, -0.05) is 25.1 Å². The molecule has 154 valence electrons. The molecule has 6 heteroatoms. The maximum absolute atomic E-state index is 5.40. The van der Waals surface area contributed by atoms with Crippen LogP contribution in [0.3, 0.4) is 0 Å². The fourth-order valence-electron chi connectivity index (χ4n) is 3.40. The molecule has 1 aromatic rings. The second kappa shape index (κ2) is 14.0. The van der Waals surface area contributed by atoms with Crippen molar-refractivity contribution in [3.05, 3.63) is 29.8 Å². The minimum absolute atomic E-state index is 0. The zero-order valence-electron chi connectivity index (χ0n) is 17.2. The molecule has 0 unspecified atom stereocenters. The molecule has 1 aliphatic rings. The van der Waals surface area contributed by atoms with Gasteiger partial charge in [-0.3, -0.25) is 4.99 Å². The molecule has 0 spiro atoms. The lowest BCUT2D eigenvalue weighted by Gasteiger charge is -2.30. The Balaban J connectivity index is 0.00000364. The first kappa shape index (κ1) is 24.0. The number of halogens is 1. The summed E-state index contributed by atoms with van der Waals surface area (Å²) in [5.74, 6) is 2.74. The number of ether oxygens (including phenoxy) is 1. The summed E-state index contributed by atoms with van der Waals surface area (Å²) < 4.78 is 5.40. The number of methoxy groups -OCH3 is 1. The van der Waals surface area contributed by atoms with Crippen molar-refractivity contribution in [3.8, 4) is 5.75 Å². The van der Waals surface area contributed by atoms with Crippen LogP contribution in [0.2, 0.25) is 0 Å². The lowest BCUT2D eigenvalue weighted by Crippen LogP contribution is -2.39. The molecule has 2 N–H and O–H groups in total.